The highest BCUT2D eigenvalue weighted by molar-refractivity contribution is 7.89. The molecule has 0 fully saturated rings. The van der Waals surface area contributed by atoms with Crippen LogP contribution in [-0.4, -0.2) is 28.9 Å². The molecule has 2 atom stereocenters. The molecule has 1 aliphatic heterocycles. The number of benzene rings is 1. The Bertz CT molecular complexity index is 989. The fraction of sp³-hybridized carbons (Fsp3) is 0.211. The molecule has 0 saturated heterocycles. The molecule has 4 rings (SSSR count). The van der Waals surface area contributed by atoms with Crippen molar-refractivity contribution < 1.29 is 13.5 Å². The fourth-order valence-corrected chi connectivity index (χ4v) is 5.96. The largest absolute Gasteiger partial charge is 0.387 e. The number of aliphatic hydroxyl groups is 1. The van der Waals surface area contributed by atoms with Gasteiger partial charge in [-0.25, -0.2) is 8.42 Å². The van der Waals surface area contributed by atoms with Gasteiger partial charge in [-0.3, -0.25) is 4.98 Å². The number of aromatic nitrogens is 1. The third kappa shape index (κ3) is 3.07. The van der Waals surface area contributed by atoms with Crippen LogP contribution in [-0.2, 0) is 23.0 Å². The predicted molar refractivity (Wildman–Crippen MR) is 100 cm³/mol. The van der Waals surface area contributed by atoms with E-state index in [1.165, 1.54) is 4.31 Å². The van der Waals surface area contributed by atoms with Crippen LogP contribution in [0.2, 0.25) is 0 Å². The fourth-order valence-electron chi connectivity index (χ4n) is 3.35. The van der Waals surface area contributed by atoms with Gasteiger partial charge in [0.2, 0.25) is 10.0 Å². The zero-order valence-electron chi connectivity index (χ0n) is 13.9. The molecule has 2 aromatic heterocycles. The van der Waals surface area contributed by atoms with Gasteiger partial charge in [0, 0.05) is 35.8 Å². The van der Waals surface area contributed by atoms with Gasteiger partial charge in [-0.05, 0) is 35.2 Å². The van der Waals surface area contributed by atoms with E-state index in [1.54, 1.807) is 60.1 Å². The van der Waals surface area contributed by atoms with Crippen molar-refractivity contribution in [3.05, 3.63) is 82.3 Å². The first-order chi connectivity index (χ1) is 12.6. The zero-order chi connectivity index (χ0) is 18.1. The lowest BCUT2D eigenvalue weighted by molar-refractivity contribution is 0.0773. The van der Waals surface area contributed by atoms with Crippen LogP contribution >= 0.6 is 11.3 Å². The van der Waals surface area contributed by atoms with E-state index in [-0.39, 0.29) is 11.4 Å². The number of nitrogens with zero attached hydrogens (tertiary/aromatic N) is 2. The lowest BCUT2D eigenvalue weighted by atomic mass is 9.98. The summed E-state index contributed by atoms with van der Waals surface area (Å²) in [5.41, 5.74) is 1.31. The average molecular weight is 386 g/mol. The normalized spacial score (nSPS) is 22.0. The van der Waals surface area contributed by atoms with Crippen molar-refractivity contribution in [3.8, 4) is 0 Å². The summed E-state index contributed by atoms with van der Waals surface area (Å²) in [6.07, 6.45) is 2.88. The van der Waals surface area contributed by atoms with E-state index in [2.05, 4.69) is 4.98 Å². The number of fused-ring (bicyclic) bond motifs is 1. The number of rotatable bonds is 4. The summed E-state index contributed by atoms with van der Waals surface area (Å²) in [6, 6.07) is 13.7. The molecule has 7 heteroatoms. The molecular formula is C19H18N2O3S2. The Hall–Kier alpha value is -2.06. The summed E-state index contributed by atoms with van der Waals surface area (Å²) in [5, 5.41) is 12.9. The molecule has 0 saturated carbocycles. The van der Waals surface area contributed by atoms with Gasteiger partial charge in [-0.2, -0.15) is 4.31 Å². The van der Waals surface area contributed by atoms with Gasteiger partial charge in [0.05, 0.1) is 17.0 Å². The molecule has 5 nitrogen and oxygen atoms in total. The smallest absolute Gasteiger partial charge is 0.244 e. The Morgan fingerprint density at radius 3 is 2.58 bits per heavy atom. The van der Waals surface area contributed by atoms with E-state index in [0.717, 1.165) is 10.4 Å². The molecule has 1 aromatic carbocycles. The van der Waals surface area contributed by atoms with Crippen LogP contribution in [0.1, 0.15) is 22.1 Å². The summed E-state index contributed by atoms with van der Waals surface area (Å²) >= 11 is 1.57. The van der Waals surface area contributed by atoms with E-state index in [4.69, 9.17) is 0 Å². The van der Waals surface area contributed by atoms with Crippen molar-refractivity contribution in [2.45, 2.75) is 30.0 Å². The van der Waals surface area contributed by atoms with Crippen molar-refractivity contribution in [1.29, 1.82) is 0 Å². The van der Waals surface area contributed by atoms with E-state index in [9.17, 15) is 13.5 Å². The maximum atomic E-state index is 13.3. The first-order valence-corrected chi connectivity index (χ1v) is 10.6. The maximum absolute atomic E-state index is 13.3. The third-order valence-corrected chi connectivity index (χ3v) is 7.48. The van der Waals surface area contributed by atoms with Crippen molar-refractivity contribution in [2.24, 2.45) is 0 Å². The molecule has 0 spiro atoms. The molecule has 0 radical (unpaired) electrons. The first-order valence-electron chi connectivity index (χ1n) is 8.27. The Morgan fingerprint density at radius 1 is 1.08 bits per heavy atom. The summed E-state index contributed by atoms with van der Waals surface area (Å²) in [7, 11) is -3.71. The lowest BCUT2D eigenvalue weighted by Gasteiger charge is -2.39. The Labute approximate surface area is 156 Å². The highest BCUT2D eigenvalue weighted by Crippen LogP contribution is 2.39. The molecule has 1 aliphatic rings. The van der Waals surface area contributed by atoms with Crippen LogP contribution in [0.15, 0.2) is 71.2 Å². The second kappa shape index (κ2) is 6.92. The molecule has 0 bridgehead atoms. The number of hydrogen-bond donors (Lipinski definition) is 1. The van der Waals surface area contributed by atoms with Gasteiger partial charge in [0.1, 0.15) is 0 Å². The van der Waals surface area contributed by atoms with Crippen molar-refractivity contribution in [2.75, 3.05) is 0 Å². The number of sulfonamides is 1. The minimum Gasteiger partial charge on any atom is -0.387 e. The minimum atomic E-state index is -3.71. The molecule has 3 aromatic rings. The van der Waals surface area contributed by atoms with Crippen LogP contribution < -0.4 is 0 Å². The van der Waals surface area contributed by atoms with Gasteiger partial charge in [-0.15, -0.1) is 11.3 Å². The lowest BCUT2D eigenvalue weighted by Crippen LogP contribution is -2.48. The summed E-state index contributed by atoms with van der Waals surface area (Å²) in [4.78, 5) is 5.22. The minimum absolute atomic E-state index is 0.184. The molecule has 3 heterocycles. The number of pyridine rings is 1. The van der Waals surface area contributed by atoms with E-state index in [1.807, 2.05) is 17.5 Å². The molecule has 134 valence electrons. The summed E-state index contributed by atoms with van der Waals surface area (Å²) in [5.74, 6) is 0. The number of thiophene rings is 1. The number of hydrogen-bond acceptors (Lipinski definition) is 5. The molecule has 1 N–H and O–H groups in total. The van der Waals surface area contributed by atoms with Crippen LogP contribution in [0.4, 0.5) is 0 Å². The monoisotopic (exact) mass is 386 g/mol. The van der Waals surface area contributed by atoms with Gasteiger partial charge < -0.3 is 5.11 Å². The summed E-state index contributed by atoms with van der Waals surface area (Å²) in [6.45, 7) is 0.201. The zero-order valence-corrected chi connectivity index (χ0v) is 15.5. The van der Waals surface area contributed by atoms with Crippen LogP contribution in [0, 0.1) is 0 Å². The molecule has 0 amide bonds. The van der Waals surface area contributed by atoms with E-state index >= 15 is 0 Å². The Morgan fingerprint density at radius 2 is 1.85 bits per heavy atom. The van der Waals surface area contributed by atoms with Crippen molar-refractivity contribution in [1.82, 2.24) is 9.29 Å². The second-order valence-electron chi connectivity index (χ2n) is 6.24. The highest BCUT2D eigenvalue weighted by Gasteiger charge is 2.43. The van der Waals surface area contributed by atoms with E-state index < -0.39 is 22.2 Å². The Kier molecular flexibility index (Phi) is 4.62. The van der Waals surface area contributed by atoms with E-state index in [0.29, 0.717) is 12.0 Å². The predicted octanol–water partition coefficient (Wildman–Crippen LogP) is 2.99. The van der Waals surface area contributed by atoms with Crippen LogP contribution in [0.5, 0.6) is 0 Å². The highest BCUT2D eigenvalue weighted by atomic mass is 32.2. The first kappa shape index (κ1) is 17.4. The SMILES string of the molecule is O=S1(=O)c2ccccc2C(O)C(Cc2cccs2)N1Cc1ccncc1. The van der Waals surface area contributed by atoms with Gasteiger partial charge >= 0.3 is 0 Å². The van der Waals surface area contributed by atoms with Crippen molar-refractivity contribution >= 4 is 21.4 Å². The molecular weight excluding hydrogens is 368 g/mol. The summed E-state index contributed by atoms with van der Waals surface area (Å²) < 4.78 is 28.0. The quantitative estimate of drug-likeness (QED) is 0.748. The maximum Gasteiger partial charge on any atom is 0.244 e. The standard InChI is InChI=1S/C19H18N2O3S2/c22-19-16-5-1-2-6-18(16)26(23,24)21(13-14-7-9-20-10-8-14)17(19)12-15-4-3-11-25-15/h1-11,17,19,22H,12-13H2. The average Bonchev–Trinajstić information content (AvgIpc) is 3.17. The van der Waals surface area contributed by atoms with Crippen LogP contribution in [0.25, 0.3) is 0 Å². The topological polar surface area (TPSA) is 70.5 Å². The Balaban J connectivity index is 1.80. The van der Waals surface area contributed by atoms with Gasteiger partial charge in [0.25, 0.3) is 0 Å². The second-order valence-corrected chi connectivity index (χ2v) is 9.13. The molecule has 0 aliphatic carbocycles. The third-order valence-electron chi connectivity index (χ3n) is 4.64. The van der Waals surface area contributed by atoms with Gasteiger partial charge in [0.15, 0.2) is 0 Å². The number of aliphatic hydroxyl groups excluding tert-OH is 1. The van der Waals surface area contributed by atoms with Crippen molar-refractivity contribution in [3.63, 3.8) is 0 Å². The molecule has 26 heavy (non-hydrogen) atoms. The molecule has 2 unspecified atom stereocenters. The van der Waals surface area contributed by atoms with Crippen LogP contribution in [0.3, 0.4) is 0 Å². The van der Waals surface area contributed by atoms with Gasteiger partial charge in [-0.1, -0.05) is 24.3 Å².